The van der Waals surface area contributed by atoms with Crippen molar-refractivity contribution in [1.29, 1.82) is 0 Å². The SMILES string of the molecule is C[C@@H]1CCn2nc(Nc3ccccc3)c(C(=O)N[C@H]3N=C(c4ccccc4)c4cccc(F)c4NC3=O)c2O1. The highest BCUT2D eigenvalue weighted by Crippen LogP contribution is 2.33. The number of hydrogen-bond acceptors (Lipinski definition) is 6. The molecule has 2 amide bonds. The van der Waals surface area contributed by atoms with Gasteiger partial charge < -0.3 is 20.7 Å². The number of rotatable bonds is 5. The van der Waals surface area contributed by atoms with Gasteiger partial charge in [0.1, 0.15) is 11.4 Å². The van der Waals surface area contributed by atoms with Crippen LogP contribution in [0.1, 0.15) is 34.8 Å². The third-order valence-corrected chi connectivity index (χ3v) is 6.57. The van der Waals surface area contributed by atoms with Gasteiger partial charge in [-0.25, -0.2) is 14.1 Å². The van der Waals surface area contributed by atoms with Crippen LogP contribution in [0.2, 0.25) is 0 Å². The monoisotopic (exact) mass is 524 g/mol. The number of fused-ring (bicyclic) bond motifs is 2. The molecule has 0 unspecified atom stereocenters. The molecule has 196 valence electrons. The topological polar surface area (TPSA) is 110 Å². The lowest BCUT2D eigenvalue weighted by Gasteiger charge is -2.22. The normalized spacial score (nSPS) is 18.0. The van der Waals surface area contributed by atoms with E-state index < -0.39 is 23.8 Å². The van der Waals surface area contributed by atoms with Gasteiger partial charge in [0.2, 0.25) is 12.0 Å². The number of nitrogens with one attached hydrogen (secondary N) is 3. The second kappa shape index (κ2) is 10.1. The molecule has 10 heteroatoms. The van der Waals surface area contributed by atoms with Crippen molar-refractivity contribution in [2.24, 2.45) is 4.99 Å². The summed E-state index contributed by atoms with van der Waals surface area (Å²) in [5.74, 6) is -1.28. The molecule has 0 bridgehead atoms. The van der Waals surface area contributed by atoms with E-state index in [9.17, 15) is 14.0 Å². The zero-order chi connectivity index (χ0) is 26.9. The molecule has 0 fully saturated rings. The Labute approximate surface area is 223 Å². The van der Waals surface area contributed by atoms with Crippen LogP contribution in [-0.2, 0) is 11.3 Å². The fourth-order valence-electron chi connectivity index (χ4n) is 4.64. The van der Waals surface area contributed by atoms with Crippen LogP contribution in [0.25, 0.3) is 0 Å². The number of para-hydroxylation sites is 2. The summed E-state index contributed by atoms with van der Waals surface area (Å²) in [5, 5.41) is 13.1. The van der Waals surface area contributed by atoms with E-state index in [0.29, 0.717) is 35.1 Å². The van der Waals surface area contributed by atoms with Crippen molar-refractivity contribution in [3.05, 3.63) is 101 Å². The summed E-state index contributed by atoms with van der Waals surface area (Å²) in [5.41, 5.74) is 2.36. The molecule has 39 heavy (non-hydrogen) atoms. The summed E-state index contributed by atoms with van der Waals surface area (Å²) in [4.78, 5) is 31.7. The number of anilines is 3. The fourth-order valence-corrected chi connectivity index (χ4v) is 4.64. The second-order valence-electron chi connectivity index (χ2n) is 9.33. The fraction of sp³-hybridized carbons (Fsp3) is 0.172. The largest absolute Gasteiger partial charge is 0.474 e. The van der Waals surface area contributed by atoms with Gasteiger partial charge in [-0.1, -0.05) is 60.7 Å². The van der Waals surface area contributed by atoms with Crippen molar-refractivity contribution < 1.29 is 18.7 Å². The first-order valence-corrected chi connectivity index (χ1v) is 12.6. The van der Waals surface area contributed by atoms with Crippen LogP contribution in [0.15, 0.2) is 83.9 Å². The number of aromatic nitrogens is 2. The smallest absolute Gasteiger partial charge is 0.269 e. The van der Waals surface area contributed by atoms with E-state index >= 15 is 0 Å². The van der Waals surface area contributed by atoms with Crippen molar-refractivity contribution in [2.45, 2.75) is 32.2 Å². The van der Waals surface area contributed by atoms with E-state index in [1.54, 1.807) is 16.8 Å². The van der Waals surface area contributed by atoms with Crippen molar-refractivity contribution in [2.75, 3.05) is 10.6 Å². The quantitative estimate of drug-likeness (QED) is 0.357. The van der Waals surface area contributed by atoms with E-state index in [1.807, 2.05) is 67.6 Å². The molecule has 0 saturated carbocycles. The van der Waals surface area contributed by atoms with Gasteiger partial charge in [0.15, 0.2) is 5.82 Å². The first kappa shape index (κ1) is 24.4. The highest BCUT2D eigenvalue weighted by Gasteiger charge is 2.34. The number of halogens is 1. The molecule has 3 heterocycles. The van der Waals surface area contributed by atoms with Crippen LogP contribution in [0, 0.1) is 5.82 Å². The Morgan fingerprint density at radius 1 is 1.05 bits per heavy atom. The van der Waals surface area contributed by atoms with Gasteiger partial charge in [0.05, 0.1) is 17.5 Å². The summed E-state index contributed by atoms with van der Waals surface area (Å²) >= 11 is 0. The summed E-state index contributed by atoms with van der Waals surface area (Å²) in [6.45, 7) is 2.49. The average Bonchev–Trinajstić information content (AvgIpc) is 3.22. The van der Waals surface area contributed by atoms with Crippen LogP contribution >= 0.6 is 0 Å². The Kier molecular flexibility index (Phi) is 6.28. The highest BCUT2D eigenvalue weighted by atomic mass is 19.1. The predicted molar refractivity (Wildman–Crippen MR) is 145 cm³/mol. The lowest BCUT2D eigenvalue weighted by molar-refractivity contribution is -0.117. The molecule has 0 saturated heterocycles. The standard InChI is InChI=1S/C29H25FN6O3/c1-17-15-16-36-29(39-17)22(25(35-36)31-19-11-6-3-7-12-19)27(37)34-26-28(38)33-24-20(13-8-14-21(24)30)23(32-26)18-9-4-2-5-10-18/h2-14,17,26H,15-16H2,1H3,(H,31,35)(H,33,38)(H,34,37)/t17-,26-/m1/s1. The number of benzodiazepines with no additional fused rings is 1. The molecule has 2 atom stereocenters. The number of aryl methyl sites for hydroxylation is 1. The van der Waals surface area contributed by atoms with Gasteiger partial charge in [-0.15, -0.1) is 0 Å². The maximum absolute atomic E-state index is 14.8. The maximum Gasteiger partial charge on any atom is 0.269 e. The molecule has 3 aromatic carbocycles. The minimum absolute atomic E-state index is 0.00774. The molecular formula is C29H25FN6O3. The average molecular weight is 525 g/mol. The van der Waals surface area contributed by atoms with Crippen molar-refractivity contribution in [1.82, 2.24) is 15.1 Å². The van der Waals surface area contributed by atoms with Crippen LogP contribution in [0.5, 0.6) is 5.88 Å². The van der Waals surface area contributed by atoms with Gasteiger partial charge in [-0.2, -0.15) is 5.10 Å². The summed E-state index contributed by atoms with van der Waals surface area (Å²) < 4.78 is 22.5. The lowest BCUT2D eigenvalue weighted by atomic mass is 10.0. The first-order chi connectivity index (χ1) is 19.0. The third kappa shape index (κ3) is 4.72. The van der Waals surface area contributed by atoms with E-state index in [0.717, 1.165) is 12.1 Å². The van der Waals surface area contributed by atoms with E-state index in [2.05, 4.69) is 26.0 Å². The van der Waals surface area contributed by atoms with Crippen LogP contribution in [-0.4, -0.2) is 39.6 Å². The molecular weight excluding hydrogens is 499 g/mol. The zero-order valence-electron chi connectivity index (χ0n) is 21.0. The van der Waals surface area contributed by atoms with Gasteiger partial charge in [-0.05, 0) is 25.1 Å². The van der Waals surface area contributed by atoms with Crippen LogP contribution in [0.3, 0.4) is 0 Å². The number of hydrogen-bond donors (Lipinski definition) is 3. The van der Waals surface area contributed by atoms with Crippen LogP contribution in [0.4, 0.5) is 21.6 Å². The minimum atomic E-state index is -1.35. The van der Waals surface area contributed by atoms with Crippen LogP contribution < -0.4 is 20.7 Å². The Hall–Kier alpha value is -4.99. The zero-order valence-corrected chi connectivity index (χ0v) is 21.0. The van der Waals surface area contributed by atoms with E-state index in [-0.39, 0.29) is 17.4 Å². The van der Waals surface area contributed by atoms with Gasteiger partial charge in [-0.3, -0.25) is 9.59 Å². The molecule has 0 spiro atoms. The third-order valence-electron chi connectivity index (χ3n) is 6.57. The Morgan fingerprint density at radius 2 is 1.79 bits per heavy atom. The molecule has 2 aliphatic heterocycles. The molecule has 0 radical (unpaired) electrons. The number of carbonyl (C=O) groups is 2. The van der Waals surface area contributed by atoms with Gasteiger partial charge in [0, 0.05) is 29.8 Å². The number of nitrogens with zero attached hydrogens (tertiary/aromatic N) is 3. The van der Waals surface area contributed by atoms with Crippen molar-refractivity contribution in [3.63, 3.8) is 0 Å². The molecule has 3 N–H and O–H groups in total. The Balaban J connectivity index is 1.39. The first-order valence-electron chi connectivity index (χ1n) is 12.6. The minimum Gasteiger partial charge on any atom is -0.474 e. The number of ether oxygens (including phenoxy) is 1. The predicted octanol–water partition coefficient (Wildman–Crippen LogP) is 4.48. The highest BCUT2D eigenvalue weighted by molar-refractivity contribution is 6.20. The van der Waals surface area contributed by atoms with E-state index in [4.69, 9.17) is 4.74 Å². The molecule has 9 nitrogen and oxygen atoms in total. The molecule has 1 aromatic heterocycles. The van der Waals surface area contributed by atoms with E-state index in [1.165, 1.54) is 6.07 Å². The Morgan fingerprint density at radius 3 is 2.56 bits per heavy atom. The number of benzene rings is 3. The second-order valence-corrected chi connectivity index (χ2v) is 9.33. The summed E-state index contributed by atoms with van der Waals surface area (Å²) in [6.07, 6.45) is -0.729. The lowest BCUT2D eigenvalue weighted by Crippen LogP contribution is -2.42. The summed E-state index contributed by atoms with van der Waals surface area (Å²) in [7, 11) is 0. The molecule has 0 aliphatic carbocycles. The number of aliphatic imine (C=N–C) groups is 1. The number of amides is 2. The maximum atomic E-state index is 14.8. The Bertz CT molecular complexity index is 1590. The van der Waals surface area contributed by atoms with Crippen molar-refractivity contribution in [3.8, 4) is 5.88 Å². The summed E-state index contributed by atoms with van der Waals surface area (Å²) in [6, 6.07) is 22.9. The molecule has 6 rings (SSSR count). The molecule has 4 aromatic rings. The molecule has 2 aliphatic rings. The van der Waals surface area contributed by atoms with Gasteiger partial charge in [0.25, 0.3) is 11.8 Å². The van der Waals surface area contributed by atoms with Crippen molar-refractivity contribution >= 4 is 34.7 Å². The number of carbonyl (C=O) groups excluding carboxylic acids is 2. The van der Waals surface area contributed by atoms with Gasteiger partial charge >= 0.3 is 0 Å².